The molecule has 1 amide bonds. The van der Waals surface area contributed by atoms with Gasteiger partial charge in [-0.3, -0.25) is 29.0 Å². The van der Waals surface area contributed by atoms with Gasteiger partial charge in [0, 0.05) is 125 Å². The number of carbonyl (C=O) groups is 5. The van der Waals surface area contributed by atoms with Gasteiger partial charge in [0.1, 0.15) is 41.5 Å². The number of anilines is 1. The van der Waals surface area contributed by atoms with E-state index in [9.17, 15) is 106 Å². The van der Waals surface area contributed by atoms with Crippen LogP contribution >= 0.6 is 0 Å². The number of aliphatic hydroxyl groups is 12. The number of nitrogens with one attached hydrogen (secondary N) is 1. The number of likely N-dealkylation sites (N-methyl/N-ethyl adjacent to an activating group) is 1. The van der Waals surface area contributed by atoms with Gasteiger partial charge in [-0.2, -0.15) is 5.10 Å². The Labute approximate surface area is 723 Å². The molecule has 34 heteroatoms. The maximum absolute atomic E-state index is 14.4. The standard InChI is InChI=1S/C47H73NO17.C43H58N4O12/c1-27-17-15-13-11-9-7-5-6-8-10-12-14-16-18-34(64-46-44(58)41(48)43(57)30(4)63-46)24-38-40(45(59)60)37(54)26-47(61,65-38)25-33(51)21-31(49)19-20-35(52)36(53)22-32(50)23-39(55)62-29(3)28(2)42(27)56;1-21-12-11-13-22(2)42(55)45-33-28(20-44-47-17-15-46(9)16-18-47)37(52)30-31(38(33)53)36(51)26(6)40-32(30)41(54)43(8,59-40)57-19-14-29(56-10)23(3)39(58-27(7)48)25(5)35(50)24(4)34(21)49/h5-18,27-38,40-44,46,49-54,56-58,61H,19-26,48H2,1-4H3,(H,59,60);11-14,19-21,23-25,29,34-35,39,49-53H,15-18H2,1-10H3,(H,45,55)/b6-5+,9-7+,10-8+,13-11+,14-12+,17-15+,18-16+;12-11+,19-14+,22-13-,44-20-/t27-,28+,29-,30+,31-,32+,33-,34-,35-,36-,37-,38-,40+,41-,42+,43+,44-,46-,47+;21-,23+,24+,25+,29-,34-,35+,39+,43-/m00/s1. The molecule has 690 valence electrons. The number of carboxylic acids is 1. The van der Waals surface area contributed by atoms with Crippen molar-refractivity contribution in [2.75, 3.05) is 45.7 Å². The number of Topliss-reactive ketones (excluding diaryl/α,β-unsaturated/α-hetero) is 1. The molecule has 2 aromatic rings. The summed E-state index contributed by atoms with van der Waals surface area (Å²) in [5, 5.41) is 185. The first-order chi connectivity index (χ1) is 58.3. The molecule has 9 rings (SSSR count). The summed E-state index contributed by atoms with van der Waals surface area (Å²) in [5.41, 5.74) is 5.67. The van der Waals surface area contributed by atoms with Gasteiger partial charge in [-0.15, -0.1) is 0 Å². The van der Waals surface area contributed by atoms with E-state index in [1.54, 1.807) is 132 Å². The number of aromatic hydroxyl groups is 3. The summed E-state index contributed by atoms with van der Waals surface area (Å²) < 4.78 is 46.7. The number of phenols is 3. The zero-order chi connectivity index (χ0) is 92.1. The van der Waals surface area contributed by atoms with E-state index in [1.165, 1.54) is 72.4 Å². The van der Waals surface area contributed by atoms with Crippen molar-refractivity contribution in [3.63, 3.8) is 0 Å². The minimum atomic E-state index is -2.29. The number of piperazine rings is 1. The number of esters is 2. The Kier molecular flexibility index (Phi) is 38.6. The number of benzene rings is 2. The lowest BCUT2D eigenvalue weighted by molar-refractivity contribution is -0.308. The van der Waals surface area contributed by atoms with Crippen LogP contribution in [0.1, 0.15) is 149 Å². The third-order valence-electron chi connectivity index (χ3n) is 23.9. The number of nitrogens with zero attached hydrogens (tertiary/aromatic N) is 3. The minimum absolute atomic E-state index is 0.0559. The number of ether oxygens (including phenoxy) is 8. The maximum atomic E-state index is 14.4. The molecule has 0 radical (unpaired) electrons. The van der Waals surface area contributed by atoms with Crippen LogP contribution in [0.4, 0.5) is 5.69 Å². The van der Waals surface area contributed by atoms with E-state index >= 15 is 0 Å². The second-order valence-corrected chi connectivity index (χ2v) is 33.7. The topological polar surface area (TPSA) is 540 Å². The normalized spacial score (nSPS) is 39.1. The number of fused-ring (bicyclic) bond motifs is 16. The Morgan fingerprint density at radius 2 is 1.23 bits per heavy atom. The highest BCUT2D eigenvalue weighted by molar-refractivity contribution is 6.24. The van der Waals surface area contributed by atoms with Gasteiger partial charge in [0.2, 0.25) is 0 Å². The lowest BCUT2D eigenvalue weighted by Crippen LogP contribution is -2.61. The van der Waals surface area contributed by atoms with Crippen LogP contribution in [-0.2, 0) is 52.3 Å². The van der Waals surface area contributed by atoms with Crippen molar-refractivity contribution in [1.82, 2.24) is 9.91 Å². The number of aliphatic hydroxyl groups excluding tert-OH is 11. The zero-order valence-electron chi connectivity index (χ0n) is 72.9. The number of hydrogen-bond acceptors (Lipinski definition) is 32. The highest BCUT2D eigenvalue weighted by Gasteiger charge is 2.53. The molecule has 7 aliphatic rings. The molecule has 124 heavy (non-hydrogen) atoms. The van der Waals surface area contributed by atoms with Crippen LogP contribution in [0.5, 0.6) is 23.0 Å². The van der Waals surface area contributed by atoms with Crippen LogP contribution in [0.2, 0.25) is 0 Å². The molecule has 3 saturated heterocycles. The molecule has 0 aromatic heterocycles. The first-order valence-corrected chi connectivity index (χ1v) is 42.1. The fraction of sp³-hybridized carbons (Fsp3) is 0.600. The molecule has 0 saturated carbocycles. The minimum Gasteiger partial charge on any atom is -0.507 e. The fourth-order valence-electron chi connectivity index (χ4n) is 15.9. The van der Waals surface area contributed by atoms with Crippen LogP contribution in [0, 0.1) is 48.3 Å². The molecule has 3 fully saturated rings. The van der Waals surface area contributed by atoms with Crippen LogP contribution in [-0.4, -0.2) is 295 Å². The quantitative estimate of drug-likeness (QED) is 0.0746. The zero-order valence-corrected chi connectivity index (χ0v) is 72.9. The number of ketones is 1. The third kappa shape index (κ3) is 27.2. The number of carboxylic acid groups (broad SMARTS) is 1. The van der Waals surface area contributed by atoms with E-state index in [1.807, 2.05) is 20.0 Å². The maximum Gasteiger partial charge on any atom is 0.312 e. The molecule has 0 aliphatic carbocycles. The van der Waals surface area contributed by atoms with Crippen molar-refractivity contribution in [2.24, 2.45) is 52.3 Å². The van der Waals surface area contributed by atoms with Crippen molar-refractivity contribution < 1.29 is 144 Å². The van der Waals surface area contributed by atoms with E-state index in [4.69, 9.17) is 43.6 Å². The summed E-state index contributed by atoms with van der Waals surface area (Å²) in [6, 6.07) is -1.14. The van der Waals surface area contributed by atoms with E-state index in [2.05, 4.69) is 15.3 Å². The summed E-state index contributed by atoms with van der Waals surface area (Å²) in [4.78, 5) is 67.7. The van der Waals surface area contributed by atoms with Gasteiger partial charge in [0.05, 0.1) is 133 Å². The van der Waals surface area contributed by atoms with Crippen molar-refractivity contribution >= 4 is 52.3 Å². The van der Waals surface area contributed by atoms with Gasteiger partial charge in [-0.1, -0.05) is 145 Å². The van der Waals surface area contributed by atoms with Gasteiger partial charge in [0.25, 0.3) is 11.7 Å². The van der Waals surface area contributed by atoms with Crippen molar-refractivity contribution in [3.8, 4) is 23.0 Å². The van der Waals surface area contributed by atoms with Crippen molar-refractivity contribution in [1.29, 1.82) is 0 Å². The van der Waals surface area contributed by atoms with Gasteiger partial charge in [0.15, 0.2) is 17.8 Å². The number of hydrazone groups is 1. The summed E-state index contributed by atoms with van der Waals surface area (Å²) in [7, 11) is 3.42. The number of carbonyl (C=O) groups excluding carboxylic acids is 4. The highest BCUT2D eigenvalue weighted by atomic mass is 16.7. The average molecular weight is 1750 g/mol. The van der Waals surface area contributed by atoms with Crippen LogP contribution in [0.15, 0.2) is 126 Å². The number of nitrogens with two attached hydrogens (primary N) is 1. The lowest BCUT2D eigenvalue weighted by Gasteiger charge is -2.45. The number of phenolic OH excluding ortho intramolecular Hbond substituents is 3. The molecule has 28 atom stereocenters. The Bertz CT molecular complexity index is 4270. The monoisotopic (exact) mass is 1750 g/mol. The Morgan fingerprint density at radius 3 is 1.82 bits per heavy atom. The molecular formula is C90H131N5O29. The fourth-order valence-corrected chi connectivity index (χ4v) is 15.9. The number of rotatable bonds is 7. The van der Waals surface area contributed by atoms with Crippen LogP contribution in [0.3, 0.4) is 0 Å². The molecule has 7 aliphatic heterocycles. The van der Waals surface area contributed by atoms with Gasteiger partial charge < -0.3 is 136 Å². The smallest absolute Gasteiger partial charge is 0.312 e. The largest absolute Gasteiger partial charge is 0.507 e. The van der Waals surface area contributed by atoms with Crippen molar-refractivity contribution in [2.45, 2.75) is 262 Å². The van der Waals surface area contributed by atoms with E-state index in [-0.39, 0.29) is 76.1 Å². The first-order valence-electron chi connectivity index (χ1n) is 42.1. The number of cyclic esters (lactones) is 1. The molecule has 0 spiro atoms. The molecule has 0 unspecified atom stereocenters. The van der Waals surface area contributed by atoms with Crippen molar-refractivity contribution in [3.05, 3.63) is 138 Å². The summed E-state index contributed by atoms with van der Waals surface area (Å²) in [6.45, 7) is 21.8. The predicted molar refractivity (Wildman–Crippen MR) is 457 cm³/mol. The first kappa shape index (κ1) is 102. The summed E-state index contributed by atoms with van der Waals surface area (Å²) in [6.07, 6.45) is 8.41. The Morgan fingerprint density at radius 1 is 0.637 bits per heavy atom. The third-order valence-corrected chi connectivity index (χ3v) is 23.9. The summed E-state index contributed by atoms with van der Waals surface area (Å²) >= 11 is 0. The Balaban J connectivity index is 0.000000342. The van der Waals surface area contributed by atoms with Gasteiger partial charge in [-0.25, -0.2) is 0 Å². The molecule has 7 bridgehead atoms. The lowest BCUT2D eigenvalue weighted by atomic mass is 9.78. The van der Waals surface area contributed by atoms with Gasteiger partial charge in [-0.05, 0) is 60.1 Å². The Hall–Kier alpha value is -8.60. The van der Waals surface area contributed by atoms with Crippen LogP contribution in [0.25, 0.3) is 10.8 Å². The molecule has 2 aromatic carbocycles. The number of amides is 1. The van der Waals surface area contributed by atoms with E-state index in [0.29, 0.717) is 13.1 Å². The summed E-state index contributed by atoms with van der Waals surface area (Å²) in [5.74, 6) is -15.2. The molecular weight excluding hydrogens is 1610 g/mol. The second-order valence-electron chi connectivity index (χ2n) is 33.7. The SMILES string of the molecule is CO[C@H]1/C=C/O[C@@]2(C)Oc3c(C)c(O)c4c(O)c(c(/C=N\N5CCN(C)CC5)c(O)c4c3C2=O)NC(=O)/C(C)=C\C=C\[C@H](C)[C@H](O)[C@@H](C)[C@@H](O)[C@@H](C)[C@H](OC(C)=O)[C@@H]1C.C[C@H]1[C@H](O)[C@@H](C)/C=C/C=C/C=C/C=C/C=C/C=C/C=C/[C@H](O[C@@H]2O[C@H](C)[C@@H](O)[C@H](N)[C@@H]2O)C[C@@H]2O[C@](O)(C[C@@H](O)C[C@@H](O)CC[C@H](O)[C@@H](O)C[C@@H](O)CC(=O)O[C@H]1C)C[C@H](O)[C@H]2C(=O)O. The van der Waals surface area contributed by atoms with E-state index < -0.39 is 236 Å². The van der Waals surface area contributed by atoms with Gasteiger partial charge >= 0.3 is 23.7 Å². The highest BCUT2D eigenvalue weighted by Crippen LogP contribution is 2.55. The molecule has 19 N–H and O–H groups in total. The number of hydrogen-bond donors (Lipinski definition) is 18. The molecule has 7 heterocycles. The number of methoxy groups -OCH3 is 1. The molecule has 34 nitrogen and oxygen atoms in total. The van der Waals surface area contributed by atoms with E-state index in [0.717, 1.165) is 13.1 Å². The average Bonchev–Trinajstić information content (AvgIpc) is 1.41. The second kappa shape index (κ2) is 46.7. The number of aliphatic carboxylic acids is 1. The predicted octanol–water partition coefficient (Wildman–Crippen LogP) is 5.05. The van der Waals surface area contributed by atoms with Crippen LogP contribution < -0.4 is 15.8 Å². The number of allylic oxidation sites excluding steroid dienone is 14.